The third kappa shape index (κ3) is 3.36. The Morgan fingerprint density at radius 1 is 1.36 bits per heavy atom. The molecule has 0 radical (unpaired) electrons. The van der Waals surface area contributed by atoms with Crippen LogP contribution in [0.3, 0.4) is 0 Å². The van der Waals surface area contributed by atoms with Gasteiger partial charge in [0.1, 0.15) is 0 Å². The maximum atomic E-state index is 11.7. The van der Waals surface area contributed by atoms with Gasteiger partial charge in [0.2, 0.25) is 0 Å². The summed E-state index contributed by atoms with van der Waals surface area (Å²) in [4.78, 5) is 15.0. The lowest BCUT2D eigenvalue weighted by Gasteiger charge is -2.02. The van der Waals surface area contributed by atoms with Crippen molar-refractivity contribution >= 4 is 16.9 Å². The summed E-state index contributed by atoms with van der Waals surface area (Å²) in [6.45, 7) is 1.97. The van der Waals surface area contributed by atoms with Crippen LogP contribution in [0.25, 0.3) is 10.9 Å². The van der Waals surface area contributed by atoms with Gasteiger partial charge in [0.25, 0.3) is 0 Å². The highest BCUT2D eigenvalue weighted by Crippen LogP contribution is 2.19. The Labute approximate surface area is 128 Å². The first-order valence-electron chi connectivity index (χ1n) is 7.35. The number of benzene rings is 1. The van der Waals surface area contributed by atoms with E-state index >= 15 is 0 Å². The smallest absolute Gasteiger partial charge is 0.306 e. The van der Waals surface area contributed by atoms with Crippen LogP contribution in [0.4, 0.5) is 0 Å². The minimum atomic E-state index is -0.214. The lowest BCUT2D eigenvalue weighted by molar-refractivity contribution is -0.145. The molecule has 114 valence electrons. The highest BCUT2D eigenvalue weighted by Gasteiger charge is 2.08. The topological polar surface area (TPSA) is 68.1 Å². The fraction of sp³-hybridized carbons (Fsp3) is 0.294. The summed E-state index contributed by atoms with van der Waals surface area (Å²) in [6.07, 6.45) is 4.01. The van der Waals surface area contributed by atoms with Gasteiger partial charge in [-0.3, -0.25) is 4.79 Å². The number of ether oxygens (including phenoxy) is 1. The Bertz CT molecular complexity index is 773. The van der Waals surface area contributed by atoms with Gasteiger partial charge in [-0.1, -0.05) is 23.4 Å². The van der Waals surface area contributed by atoms with Gasteiger partial charge < -0.3 is 14.2 Å². The lowest BCUT2D eigenvalue weighted by atomic mass is 10.1. The monoisotopic (exact) mass is 298 g/mol. The predicted octanol–water partition coefficient (Wildman–Crippen LogP) is 3.53. The first kappa shape index (κ1) is 14.4. The summed E-state index contributed by atoms with van der Waals surface area (Å²) in [7, 11) is 0. The van der Waals surface area contributed by atoms with E-state index in [4.69, 9.17) is 9.26 Å². The number of H-pyrrole nitrogens is 1. The van der Waals surface area contributed by atoms with Crippen LogP contribution in [0.2, 0.25) is 0 Å². The quantitative estimate of drug-likeness (QED) is 0.707. The molecule has 0 unspecified atom stereocenters. The van der Waals surface area contributed by atoms with Crippen molar-refractivity contribution < 1.29 is 14.1 Å². The Morgan fingerprint density at radius 2 is 2.23 bits per heavy atom. The number of carbonyl (C=O) groups excluding carboxylic acids is 1. The highest BCUT2D eigenvalue weighted by atomic mass is 16.5. The molecule has 0 saturated heterocycles. The number of aromatic nitrogens is 2. The van der Waals surface area contributed by atoms with Gasteiger partial charge in [-0.05, 0) is 31.4 Å². The van der Waals surface area contributed by atoms with E-state index in [2.05, 4.69) is 16.2 Å². The molecule has 3 aromatic rings. The van der Waals surface area contributed by atoms with Crippen molar-refractivity contribution in [3.8, 4) is 0 Å². The largest absolute Gasteiger partial charge is 0.457 e. The van der Waals surface area contributed by atoms with Gasteiger partial charge in [0, 0.05) is 29.6 Å². The number of aromatic amines is 1. The average Bonchev–Trinajstić information content (AvgIpc) is 3.12. The summed E-state index contributed by atoms with van der Waals surface area (Å²) < 4.78 is 10.2. The van der Waals surface area contributed by atoms with Crippen LogP contribution in [-0.2, 0) is 22.6 Å². The van der Waals surface area contributed by atoms with Gasteiger partial charge in [0.05, 0.1) is 5.69 Å². The van der Waals surface area contributed by atoms with Crippen LogP contribution in [0.15, 0.2) is 41.1 Å². The summed E-state index contributed by atoms with van der Waals surface area (Å²) in [5.74, 6) is 0.358. The fourth-order valence-electron chi connectivity index (χ4n) is 2.47. The molecule has 2 aromatic heterocycles. The molecule has 0 spiro atoms. The molecule has 0 aliphatic carbocycles. The van der Waals surface area contributed by atoms with E-state index < -0.39 is 0 Å². The van der Waals surface area contributed by atoms with Crippen molar-refractivity contribution in [3.63, 3.8) is 0 Å². The molecule has 0 fully saturated rings. The van der Waals surface area contributed by atoms with E-state index in [0.717, 1.165) is 24.1 Å². The third-order valence-electron chi connectivity index (χ3n) is 3.55. The molecular formula is C17H18N2O3. The molecule has 22 heavy (non-hydrogen) atoms. The first-order valence-corrected chi connectivity index (χ1v) is 7.35. The molecule has 3 rings (SSSR count). The molecule has 5 heteroatoms. The molecule has 1 N–H and O–H groups in total. The molecule has 0 saturated carbocycles. The maximum Gasteiger partial charge on any atom is 0.306 e. The standard InChI is InChI=1S/C17H18N2O3/c1-12-9-14(22-19-12)11-21-17(20)8-4-5-13-10-18-16-7-3-2-6-15(13)16/h2-3,6-7,9-10,18H,4-5,8,11H2,1H3. The Balaban J connectivity index is 1.45. The molecule has 0 bridgehead atoms. The second kappa shape index (κ2) is 6.47. The summed E-state index contributed by atoms with van der Waals surface area (Å²) in [5.41, 5.74) is 3.14. The van der Waals surface area contributed by atoms with E-state index in [1.54, 1.807) is 6.07 Å². The molecule has 5 nitrogen and oxygen atoms in total. The highest BCUT2D eigenvalue weighted by molar-refractivity contribution is 5.83. The number of esters is 1. The van der Waals surface area contributed by atoms with Crippen molar-refractivity contribution in [1.82, 2.24) is 10.1 Å². The molecule has 0 amide bonds. The number of aryl methyl sites for hydroxylation is 2. The van der Waals surface area contributed by atoms with Gasteiger partial charge >= 0.3 is 5.97 Å². The molecule has 0 atom stereocenters. The number of para-hydroxylation sites is 1. The van der Waals surface area contributed by atoms with Gasteiger partial charge in [-0.2, -0.15) is 0 Å². The normalized spacial score (nSPS) is 11.0. The second-order valence-electron chi connectivity index (χ2n) is 5.31. The van der Waals surface area contributed by atoms with Crippen LogP contribution >= 0.6 is 0 Å². The number of rotatable bonds is 6. The van der Waals surface area contributed by atoms with Crippen LogP contribution in [-0.4, -0.2) is 16.1 Å². The third-order valence-corrected chi connectivity index (χ3v) is 3.55. The molecule has 0 aliphatic rings. The number of nitrogens with one attached hydrogen (secondary N) is 1. The number of carbonyl (C=O) groups is 1. The van der Waals surface area contributed by atoms with E-state index in [9.17, 15) is 4.79 Å². The van der Waals surface area contributed by atoms with Crippen molar-refractivity contribution in [2.45, 2.75) is 32.8 Å². The number of nitrogens with zero attached hydrogens (tertiary/aromatic N) is 1. The zero-order chi connectivity index (χ0) is 15.4. The Hall–Kier alpha value is -2.56. The van der Waals surface area contributed by atoms with Crippen molar-refractivity contribution in [2.75, 3.05) is 0 Å². The maximum absolute atomic E-state index is 11.7. The zero-order valence-electron chi connectivity index (χ0n) is 12.5. The van der Waals surface area contributed by atoms with Gasteiger partial charge in [-0.25, -0.2) is 0 Å². The minimum absolute atomic E-state index is 0.146. The number of hydrogen-bond donors (Lipinski definition) is 1. The van der Waals surface area contributed by atoms with Crippen LogP contribution < -0.4 is 0 Å². The first-order chi connectivity index (χ1) is 10.7. The van der Waals surface area contributed by atoms with Crippen molar-refractivity contribution in [2.24, 2.45) is 0 Å². The summed E-state index contributed by atoms with van der Waals surface area (Å²) in [5, 5.41) is 4.97. The average molecular weight is 298 g/mol. The van der Waals surface area contributed by atoms with Gasteiger partial charge in [-0.15, -0.1) is 0 Å². The fourth-order valence-corrected chi connectivity index (χ4v) is 2.47. The predicted molar refractivity (Wildman–Crippen MR) is 82.3 cm³/mol. The van der Waals surface area contributed by atoms with E-state index in [-0.39, 0.29) is 12.6 Å². The van der Waals surface area contributed by atoms with E-state index in [1.807, 2.05) is 31.3 Å². The zero-order valence-corrected chi connectivity index (χ0v) is 12.5. The summed E-state index contributed by atoms with van der Waals surface area (Å²) >= 11 is 0. The Kier molecular flexibility index (Phi) is 4.23. The second-order valence-corrected chi connectivity index (χ2v) is 5.31. The van der Waals surface area contributed by atoms with Crippen LogP contribution in [0.5, 0.6) is 0 Å². The minimum Gasteiger partial charge on any atom is -0.457 e. The lowest BCUT2D eigenvalue weighted by Crippen LogP contribution is -2.04. The molecule has 2 heterocycles. The van der Waals surface area contributed by atoms with E-state index in [1.165, 1.54) is 10.9 Å². The van der Waals surface area contributed by atoms with Crippen LogP contribution in [0.1, 0.15) is 29.9 Å². The molecule has 1 aromatic carbocycles. The van der Waals surface area contributed by atoms with E-state index in [0.29, 0.717) is 12.2 Å². The summed E-state index contributed by atoms with van der Waals surface area (Å²) in [6, 6.07) is 9.93. The number of hydrogen-bond acceptors (Lipinski definition) is 4. The van der Waals surface area contributed by atoms with Gasteiger partial charge in [0.15, 0.2) is 12.4 Å². The van der Waals surface area contributed by atoms with Crippen molar-refractivity contribution in [1.29, 1.82) is 0 Å². The molecular weight excluding hydrogens is 280 g/mol. The Morgan fingerprint density at radius 3 is 3.05 bits per heavy atom. The SMILES string of the molecule is Cc1cc(COC(=O)CCCc2c[nH]c3ccccc23)on1. The molecule has 0 aliphatic heterocycles. The van der Waals surface area contributed by atoms with Crippen molar-refractivity contribution in [3.05, 3.63) is 53.5 Å². The van der Waals surface area contributed by atoms with Crippen LogP contribution in [0, 0.1) is 6.92 Å². The number of fused-ring (bicyclic) bond motifs is 1.